The maximum Gasteiger partial charge on any atom is 0.328 e. The van der Waals surface area contributed by atoms with Crippen LogP contribution in [-0.2, 0) is 11.3 Å². The summed E-state index contributed by atoms with van der Waals surface area (Å²) in [5.41, 5.74) is -0.0226. The Labute approximate surface area is 131 Å². The van der Waals surface area contributed by atoms with Gasteiger partial charge in [0.1, 0.15) is 0 Å². The van der Waals surface area contributed by atoms with Gasteiger partial charge >= 0.3 is 5.69 Å². The van der Waals surface area contributed by atoms with Crippen LogP contribution in [0, 0.1) is 5.92 Å². The van der Waals surface area contributed by atoms with E-state index in [1.165, 1.54) is 0 Å². The molecule has 1 aliphatic heterocycles. The first-order valence-electron chi connectivity index (χ1n) is 8.54. The number of unbranched alkanes of at least 4 members (excludes halogenated alkanes) is 1. The lowest BCUT2D eigenvalue weighted by atomic mass is 9.99. The zero-order chi connectivity index (χ0) is 16.1. The van der Waals surface area contributed by atoms with Gasteiger partial charge in [0.15, 0.2) is 0 Å². The average molecular weight is 308 g/mol. The minimum atomic E-state index is -0.323. The van der Waals surface area contributed by atoms with E-state index in [-0.39, 0.29) is 23.5 Å². The van der Waals surface area contributed by atoms with Gasteiger partial charge in [0.2, 0.25) is 0 Å². The molecule has 0 aliphatic carbocycles. The second-order valence-corrected chi connectivity index (χ2v) is 6.46. The van der Waals surface area contributed by atoms with E-state index >= 15 is 0 Å². The molecule has 124 valence electrons. The van der Waals surface area contributed by atoms with Gasteiger partial charge in [-0.05, 0) is 31.6 Å². The molecule has 0 amide bonds. The van der Waals surface area contributed by atoms with E-state index in [9.17, 15) is 9.59 Å². The molecule has 2 rings (SSSR count). The van der Waals surface area contributed by atoms with Crippen LogP contribution >= 0.6 is 0 Å². The Morgan fingerprint density at radius 2 is 2.14 bits per heavy atom. The first-order chi connectivity index (χ1) is 10.5. The van der Waals surface area contributed by atoms with Crippen molar-refractivity contribution in [3.05, 3.63) is 32.6 Å². The number of rotatable bonds is 7. The maximum absolute atomic E-state index is 12.1. The van der Waals surface area contributed by atoms with E-state index in [1.54, 1.807) is 10.8 Å². The smallest absolute Gasteiger partial charge is 0.328 e. The third-order valence-electron chi connectivity index (χ3n) is 4.61. The number of aryl methyl sites for hydroxylation is 1. The fraction of sp³-hybridized carbons (Fsp3) is 0.765. The van der Waals surface area contributed by atoms with Crippen molar-refractivity contribution in [1.82, 2.24) is 9.55 Å². The molecule has 0 aromatic carbocycles. The predicted molar refractivity (Wildman–Crippen MR) is 87.2 cm³/mol. The molecule has 0 radical (unpaired) electrons. The summed E-state index contributed by atoms with van der Waals surface area (Å²) in [4.78, 5) is 26.3. The number of aromatic amines is 1. The summed E-state index contributed by atoms with van der Waals surface area (Å²) in [7, 11) is 0. The molecular weight excluding hydrogens is 280 g/mol. The molecule has 22 heavy (non-hydrogen) atoms. The van der Waals surface area contributed by atoms with Gasteiger partial charge in [-0.3, -0.25) is 9.78 Å². The number of nitrogens with one attached hydrogen (secondary N) is 1. The first-order valence-corrected chi connectivity index (χ1v) is 8.54. The molecule has 3 atom stereocenters. The molecule has 5 heteroatoms. The summed E-state index contributed by atoms with van der Waals surface area (Å²) in [6, 6.07) is 0. The molecule has 1 aromatic rings. The monoisotopic (exact) mass is 308 g/mol. The fourth-order valence-corrected chi connectivity index (χ4v) is 2.97. The van der Waals surface area contributed by atoms with Crippen LogP contribution in [-0.4, -0.2) is 15.7 Å². The van der Waals surface area contributed by atoms with Gasteiger partial charge < -0.3 is 9.30 Å². The van der Waals surface area contributed by atoms with Crippen LogP contribution < -0.4 is 11.2 Å². The number of H-pyrrole nitrogens is 1. The molecule has 5 nitrogen and oxygen atoms in total. The highest BCUT2D eigenvalue weighted by molar-refractivity contribution is 5.10. The third-order valence-corrected chi connectivity index (χ3v) is 4.61. The van der Waals surface area contributed by atoms with Crippen LogP contribution in [0.2, 0.25) is 0 Å². The van der Waals surface area contributed by atoms with E-state index in [0.29, 0.717) is 18.0 Å². The van der Waals surface area contributed by atoms with E-state index in [2.05, 4.69) is 25.8 Å². The largest absolute Gasteiger partial charge is 0.370 e. The van der Waals surface area contributed by atoms with Gasteiger partial charge in [0.05, 0.1) is 17.8 Å². The van der Waals surface area contributed by atoms with Crippen LogP contribution in [0.3, 0.4) is 0 Å². The van der Waals surface area contributed by atoms with Crippen molar-refractivity contribution in [2.24, 2.45) is 5.92 Å². The van der Waals surface area contributed by atoms with Gasteiger partial charge in [0.25, 0.3) is 5.56 Å². The topological polar surface area (TPSA) is 64.1 Å². The molecule has 0 bridgehead atoms. The number of hydrogen-bond donors (Lipinski definition) is 1. The molecular formula is C17H28N2O3. The van der Waals surface area contributed by atoms with E-state index in [0.717, 1.165) is 38.5 Å². The first kappa shape index (κ1) is 17.0. The molecule has 0 spiro atoms. The predicted octanol–water partition coefficient (Wildman–Crippen LogP) is 2.99. The van der Waals surface area contributed by atoms with Crippen molar-refractivity contribution in [2.75, 3.05) is 0 Å². The summed E-state index contributed by atoms with van der Waals surface area (Å²) in [5, 5.41) is 0. The van der Waals surface area contributed by atoms with Gasteiger partial charge in [-0.2, -0.15) is 0 Å². The highest BCUT2D eigenvalue weighted by Gasteiger charge is 2.29. The SMILES string of the molecule is CCCCn1cc([C@H]2CCC(CC(C)CC)O2)c(=O)[nH]c1=O. The van der Waals surface area contributed by atoms with Gasteiger partial charge in [-0.15, -0.1) is 0 Å². The van der Waals surface area contributed by atoms with Gasteiger partial charge in [-0.1, -0.05) is 33.6 Å². The van der Waals surface area contributed by atoms with Crippen molar-refractivity contribution in [3.63, 3.8) is 0 Å². The summed E-state index contributed by atoms with van der Waals surface area (Å²) in [6.45, 7) is 7.14. The fourth-order valence-electron chi connectivity index (χ4n) is 2.97. The number of aromatic nitrogens is 2. The molecule has 1 aromatic heterocycles. The molecule has 1 aliphatic rings. The highest BCUT2D eigenvalue weighted by Crippen LogP contribution is 2.34. The zero-order valence-electron chi connectivity index (χ0n) is 13.9. The third kappa shape index (κ3) is 4.09. The summed E-state index contributed by atoms with van der Waals surface area (Å²) in [6.07, 6.45) is 7.73. The Bertz CT molecular complexity index is 590. The van der Waals surface area contributed by atoms with E-state index < -0.39 is 0 Å². The van der Waals surface area contributed by atoms with E-state index in [1.807, 2.05) is 0 Å². The maximum atomic E-state index is 12.1. The quantitative estimate of drug-likeness (QED) is 0.842. The standard InChI is InChI=1S/C17H28N2O3/c1-4-6-9-19-11-14(16(20)18-17(19)21)15-8-7-13(22-15)10-12(3)5-2/h11-13,15H,4-10H2,1-3H3,(H,18,20,21)/t12?,13?,15-/m1/s1. The number of ether oxygens (including phenoxy) is 1. The molecule has 1 saturated heterocycles. The van der Waals surface area contributed by atoms with Crippen LogP contribution in [0.15, 0.2) is 15.8 Å². The van der Waals surface area contributed by atoms with Crippen molar-refractivity contribution in [3.8, 4) is 0 Å². The highest BCUT2D eigenvalue weighted by atomic mass is 16.5. The van der Waals surface area contributed by atoms with Crippen molar-refractivity contribution < 1.29 is 4.74 Å². The Kier molecular flexibility index (Phi) is 6.00. The number of nitrogens with zero attached hydrogens (tertiary/aromatic N) is 1. The summed E-state index contributed by atoms with van der Waals surface area (Å²) in [5.74, 6) is 0.639. The Morgan fingerprint density at radius 1 is 1.36 bits per heavy atom. The Morgan fingerprint density at radius 3 is 2.82 bits per heavy atom. The van der Waals surface area contributed by atoms with Crippen molar-refractivity contribution in [2.45, 2.75) is 78.0 Å². The zero-order valence-corrected chi connectivity index (χ0v) is 13.9. The summed E-state index contributed by atoms with van der Waals surface area (Å²) < 4.78 is 7.67. The second-order valence-electron chi connectivity index (χ2n) is 6.46. The average Bonchev–Trinajstić information content (AvgIpc) is 2.94. The second kappa shape index (κ2) is 7.77. The van der Waals surface area contributed by atoms with Crippen LogP contribution in [0.4, 0.5) is 0 Å². The lowest BCUT2D eigenvalue weighted by Gasteiger charge is -2.17. The Hall–Kier alpha value is -1.36. The van der Waals surface area contributed by atoms with Gasteiger partial charge in [0, 0.05) is 12.7 Å². The lowest BCUT2D eigenvalue weighted by Crippen LogP contribution is -2.33. The van der Waals surface area contributed by atoms with Crippen LogP contribution in [0.25, 0.3) is 0 Å². The van der Waals surface area contributed by atoms with Crippen molar-refractivity contribution >= 4 is 0 Å². The van der Waals surface area contributed by atoms with Crippen LogP contribution in [0.1, 0.15) is 71.0 Å². The van der Waals surface area contributed by atoms with Crippen molar-refractivity contribution in [1.29, 1.82) is 0 Å². The Balaban J connectivity index is 2.12. The molecule has 1 fully saturated rings. The van der Waals surface area contributed by atoms with E-state index in [4.69, 9.17) is 4.74 Å². The molecule has 2 heterocycles. The molecule has 2 unspecified atom stereocenters. The molecule has 0 saturated carbocycles. The normalized spacial score (nSPS) is 22.9. The lowest BCUT2D eigenvalue weighted by molar-refractivity contribution is 0.0305. The minimum absolute atomic E-state index is 0.175. The van der Waals surface area contributed by atoms with Crippen LogP contribution in [0.5, 0.6) is 0 Å². The minimum Gasteiger partial charge on any atom is -0.370 e. The summed E-state index contributed by atoms with van der Waals surface area (Å²) >= 11 is 0. The number of hydrogen-bond acceptors (Lipinski definition) is 3. The molecule has 1 N–H and O–H groups in total. The van der Waals surface area contributed by atoms with Gasteiger partial charge in [-0.25, -0.2) is 4.79 Å².